The van der Waals surface area contributed by atoms with Crippen molar-refractivity contribution in [3.05, 3.63) is 6.54 Å². The van der Waals surface area contributed by atoms with Gasteiger partial charge in [0.25, 0.3) is 0 Å². The van der Waals surface area contributed by atoms with Gasteiger partial charge in [0, 0.05) is 6.54 Å². The van der Waals surface area contributed by atoms with Gasteiger partial charge in [-0.1, -0.05) is 97.3 Å². The van der Waals surface area contributed by atoms with Crippen molar-refractivity contribution >= 4 is 0 Å². The summed E-state index contributed by atoms with van der Waals surface area (Å²) < 4.78 is 0. The third-order valence-corrected chi connectivity index (χ3v) is 4.02. The molecule has 0 aliphatic carbocycles. The van der Waals surface area contributed by atoms with Crippen LogP contribution >= 0.6 is 0 Å². The fraction of sp³-hybridized carbons (Fsp3) is 0.947. The van der Waals surface area contributed by atoms with Crippen LogP contribution in [0.2, 0.25) is 0 Å². The first-order valence-electron chi connectivity index (χ1n) is 9.46. The molecular weight excluding hydrogens is 242 g/mol. The van der Waals surface area contributed by atoms with Crippen LogP contribution in [0.4, 0.5) is 0 Å². The van der Waals surface area contributed by atoms with Crippen LogP contribution < -0.4 is 5.32 Å². The van der Waals surface area contributed by atoms with Crippen LogP contribution in [0.1, 0.15) is 110 Å². The van der Waals surface area contributed by atoms with Crippen molar-refractivity contribution in [1.29, 1.82) is 0 Å². The zero-order chi connectivity index (χ0) is 14.7. The average molecular weight is 283 g/mol. The highest BCUT2D eigenvalue weighted by molar-refractivity contribution is 4.58. The normalized spacial score (nSPS) is 11.1. The molecular formula is C19H40N. The molecule has 0 atom stereocenters. The maximum absolute atomic E-state index is 3.35. The van der Waals surface area contributed by atoms with Crippen molar-refractivity contribution < 1.29 is 0 Å². The summed E-state index contributed by atoms with van der Waals surface area (Å²) in [4.78, 5) is 0. The van der Waals surface area contributed by atoms with Crippen LogP contribution in [0.3, 0.4) is 0 Å². The monoisotopic (exact) mass is 282 g/mol. The lowest BCUT2D eigenvalue weighted by molar-refractivity contribution is 0.533. The van der Waals surface area contributed by atoms with Gasteiger partial charge in [0.05, 0.1) is 0 Å². The van der Waals surface area contributed by atoms with Crippen molar-refractivity contribution in [2.45, 2.75) is 110 Å². The molecule has 0 rings (SSSR count). The van der Waals surface area contributed by atoms with Gasteiger partial charge in [-0.25, -0.2) is 0 Å². The molecule has 0 aromatic carbocycles. The molecule has 0 heterocycles. The van der Waals surface area contributed by atoms with Gasteiger partial charge in [0.1, 0.15) is 0 Å². The van der Waals surface area contributed by atoms with E-state index in [1.54, 1.807) is 0 Å². The predicted molar refractivity (Wildman–Crippen MR) is 92.9 cm³/mol. The summed E-state index contributed by atoms with van der Waals surface area (Å²) in [6, 6.07) is 0. The Kier molecular flexibility index (Phi) is 18.9. The second kappa shape index (κ2) is 19.0. The number of nitrogens with one attached hydrogen (secondary N) is 1. The van der Waals surface area contributed by atoms with Gasteiger partial charge in [-0.15, -0.1) is 0 Å². The lowest BCUT2D eigenvalue weighted by Crippen LogP contribution is -2.10. The quantitative estimate of drug-likeness (QED) is 0.295. The van der Waals surface area contributed by atoms with Gasteiger partial charge in [0.2, 0.25) is 0 Å². The first-order chi connectivity index (χ1) is 9.91. The van der Waals surface area contributed by atoms with Crippen molar-refractivity contribution in [2.24, 2.45) is 0 Å². The van der Waals surface area contributed by atoms with Crippen LogP contribution in [0.5, 0.6) is 0 Å². The van der Waals surface area contributed by atoms with E-state index in [2.05, 4.69) is 25.7 Å². The van der Waals surface area contributed by atoms with E-state index in [0.29, 0.717) is 0 Å². The van der Waals surface area contributed by atoms with Crippen LogP contribution in [-0.4, -0.2) is 6.54 Å². The van der Waals surface area contributed by atoms with E-state index in [1.165, 1.54) is 96.4 Å². The SMILES string of the molecule is CC[CH]NCCCCCCCCCCCCCCCC. The summed E-state index contributed by atoms with van der Waals surface area (Å²) in [5, 5.41) is 3.35. The first-order valence-corrected chi connectivity index (χ1v) is 9.46. The zero-order valence-corrected chi connectivity index (χ0v) is 14.4. The van der Waals surface area contributed by atoms with E-state index < -0.39 is 0 Å². The van der Waals surface area contributed by atoms with Gasteiger partial charge in [-0.2, -0.15) is 0 Å². The van der Waals surface area contributed by atoms with E-state index in [9.17, 15) is 0 Å². The molecule has 0 saturated carbocycles. The molecule has 0 aromatic rings. The Bertz CT molecular complexity index is 138. The molecule has 0 unspecified atom stereocenters. The molecule has 1 heteroatoms. The maximum atomic E-state index is 3.35. The third-order valence-electron chi connectivity index (χ3n) is 4.02. The van der Waals surface area contributed by atoms with Crippen LogP contribution in [0, 0.1) is 6.54 Å². The Morgan fingerprint density at radius 3 is 1.35 bits per heavy atom. The molecule has 0 fully saturated rings. The molecule has 20 heavy (non-hydrogen) atoms. The summed E-state index contributed by atoms with van der Waals surface area (Å²) in [5.74, 6) is 0. The zero-order valence-electron chi connectivity index (χ0n) is 14.4. The fourth-order valence-corrected chi connectivity index (χ4v) is 2.67. The van der Waals surface area contributed by atoms with Crippen molar-refractivity contribution in [3.63, 3.8) is 0 Å². The van der Waals surface area contributed by atoms with Crippen molar-refractivity contribution in [3.8, 4) is 0 Å². The number of unbranched alkanes of at least 4 members (excludes halogenated alkanes) is 13. The van der Waals surface area contributed by atoms with Gasteiger partial charge in [0.15, 0.2) is 0 Å². The number of rotatable bonds is 17. The minimum Gasteiger partial charge on any atom is -0.312 e. The molecule has 0 spiro atoms. The Labute approximate surface area is 129 Å². The molecule has 121 valence electrons. The molecule has 0 bridgehead atoms. The summed E-state index contributed by atoms with van der Waals surface area (Å²) in [6.45, 7) is 7.81. The van der Waals surface area contributed by atoms with E-state index in [0.717, 1.165) is 6.42 Å². The molecule has 0 aliphatic rings. The van der Waals surface area contributed by atoms with Crippen LogP contribution in [0.25, 0.3) is 0 Å². The second-order valence-electron chi connectivity index (χ2n) is 6.16. The lowest BCUT2D eigenvalue weighted by atomic mass is 10.0. The van der Waals surface area contributed by atoms with Gasteiger partial charge in [-0.05, 0) is 19.4 Å². The minimum atomic E-state index is 1.14. The second-order valence-corrected chi connectivity index (χ2v) is 6.16. The first kappa shape index (κ1) is 20.0. The van der Waals surface area contributed by atoms with E-state index >= 15 is 0 Å². The fourth-order valence-electron chi connectivity index (χ4n) is 2.67. The molecule has 0 aliphatic heterocycles. The minimum absolute atomic E-state index is 1.14. The Hall–Kier alpha value is -0.0400. The lowest BCUT2D eigenvalue weighted by Gasteiger charge is -2.04. The summed E-state index contributed by atoms with van der Waals surface area (Å²) >= 11 is 0. The van der Waals surface area contributed by atoms with Gasteiger partial charge < -0.3 is 5.32 Å². The summed E-state index contributed by atoms with van der Waals surface area (Å²) in [5.41, 5.74) is 0. The smallest absolute Gasteiger partial charge is 0.0218 e. The highest BCUT2D eigenvalue weighted by Crippen LogP contribution is 2.12. The number of hydrogen-bond acceptors (Lipinski definition) is 1. The molecule has 1 radical (unpaired) electrons. The van der Waals surface area contributed by atoms with E-state index in [1.807, 2.05) is 0 Å². The molecule has 0 amide bonds. The maximum Gasteiger partial charge on any atom is 0.0218 e. The Morgan fingerprint density at radius 2 is 0.950 bits per heavy atom. The van der Waals surface area contributed by atoms with Crippen molar-refractivity contribution in [2.75, 3.05) is 6.54 Å². The number of hydrogen-bond donors (Lipinski definition) is 1. The van der Waals surface area contributed by atoms with Gasteiger partial charge >= 0.3 is 0 Å². The molecule has 0 aromatic heterocycles. The Morgan fingerprint density at radius 1 is 0.550 bits per heavy atom. The van der Waals surface area contributed by atoms with Crippen molar-refractivity contribution in [1.82, 2.24) is 5.32 Å². The summed E-state index contributed by atoms with van der Waals surface area (Å²) in [6.07, 6.45) is 21.3. The van der Waals surface area contributed by atoms with E-state index in [4.69, 9.17) is 0 Å². The van der Waals surface area contributed by atoms with E-state index in [-0.39, 0.29) is 0 Å². The summed E-state index contributed by atoms with van der Waals surface area (Å²) in [7, 11) is 0. The average Bonchev–Trinajstić information content (AvgIpc) is 2.47. The third kappa shape index (κ3) is 18.0. The predicted octanol–water partition coefficient (Wildman–Crippen LogP) is 6.63. The largest absolute Gasteiger partial charge is 0.312 e. The standard InChI is InChI=1S/C19H40N/c1-3-5-6-7-8-9-10-11-12-13-14-15-16-17-19-20-18-4-2/h18,20H,3-17,19H2,1-2H3. The highest BCUT2D eigenvalue weighted by Gasteiger charge is 1.94. The molecule has 1 nitrogen and oxygen atoms in total. The van der Waals surface area contributed by atoms with Gasteiger partial charge in [-0.3, -0.25) is 0 Å². The Balaban J connectivity index is 2.89. The van der Waals surface area contributed by atoms with Crippen LogP contribution in [0.15, 0.2) is 0 Å². The highest BCUT2D eigenvalue weighted by atomic mass is 14.8. The molecule has 1 N–H and O–H groups in total. The topological polar surface area (TPSA) is 12.0 Å². The molecule has 0 saturated heterocycles. The van der Waals surface area contributed by atoms with Crippen LogP contribution in [-0.2, 0) is 0 Å².